The van der Waals surface area contributed by atoms with Crippen LogP contribution >= 0.6 is 0 Å². The molecule has 0 fully saturated rings. The first kappa shape index (κ1) is 23.1. The molecule has 120 valence electrons. The van der Waals surface area contributed by atoms with E-state index in [1.165, 1.54) is 21.0 Å². The standard InChI is InChI=1S/C11H11Si.C8H6N.2ClH.Ti/c1-12(2)11-7-9-5-3-4-6-10(9)8-11;1-2-4-8-7(3-1)5-6-9-8;;;/h3-7H,1-2H3;1-5,9H;2*1H;/q2*-1;;;+4/p-2. The maximum Gasteiger partial charge on any atom is 4.00 e. The number of hydrogen-bond donors (Lipinski definition) is 1. The third-order valence-corrected chi connectivity index (χ3v) is 4.81. The van der Waals surface area contributed by atoms with Gasteiger partial charge in [-0.05, 0) is 8.41 Å². The third kappa shape index (κ3) is 5.58. The van der Waals surface area contributed by atoms with E-state index < -0.39 is 0 Å². The maximum atomic E-state index is 3.44. The summed E-state index contributed by atoms with van der Waals surface area (Å²) in [5.41, 5.74) is 1.15. The van der Waals surface area contributed by atoms with Gasteiger partial charge in [-0.2, -0.15) is 22.7 Å². The summed E-state index contributed by atoms with van der Waals surface area (Å²) in [6.45, 7) is 4.60. The van der Waals surface area contributed by atoms with E-state index in [0.717, 1.165) is 5.52 Å². The van der Waals surface area contributed by atoms with Gasteiger partial charge in [-0.15, -0.1) is 58.5 Å². The molecule has 0 bridgehead atoms. The van der Waals surface area contributed by atoms with Crippen molar-refractivity contribution in [3.05, 3.63) is 71.2 Å². The van der Waals surface area contributed by atoms with Gasteiger partial charge in [0.25, 0.3) is 0 Å². The Labute approximate surface area is 171 Å². The molecule has 2 aromatic carbocycles. The van der Waals surface area contributed by atoms with Crippen molar-refractivity contribution >= 4 is 36.6 Å². The van der Waals surface area contributed by atoms with Gasteiger partial charge in [0.1, 0.15) is 0 Å². The first-order chi connectivity index (χ1) is 10.2. The van der Waals surface area contributed by atoms with E-state index in [9.17, 15) is 0 Å². The van der Waals surface area contributed by atoms with E-state index in [1.807, 2.05) is 24.3 Å². The molecule has 3 aromatic rings. The Bertz CT molecular complexity index is 860. The molecule has 1 nitrogen and oxygen atoms in total. The predicted molar refractivity (Wildman–Crippen MR) is 93.2 cm³/mol. The molecule has 5 heteroatoms. The summed E-state index contributed by atoms with van der Waals surface area (Å²) in [5.74, 6) is 0. The number of halogens is 2. The number of H-pyrrole nitrogens is 1. The van der Waals surface area contributed by atoms with Gasteiger partial charge >= 0.3 is 21.7 Å². The number of hydrogen-bond acceptors (Lipinski definition) is 0. The molecular formula is C19H17Cl2NSiTi. The van der Waals surface area contributed by atoms with E-state index in [1.54, 1.807) is 0 Å². The fourth-order valence-corrected chi connectivity index (χ4v) is 3.10. The summed E-state index contributed by atoms with van der Waals surface area (Å²) < 4.78 is 0. The van der Waals surface area contributed by atoms with Crippen molar-refractivity contribution in [3.63, 3.8) is 0 Å². The second-order valence-corrected chi connectivity index (χ2v) is 7.81. The molecule has 24 heavy (non-hydrogen) atoms. The maximum absolute atomic E-state index is 3.44. The SMILES string of the molecule is C[Si](C)=C1[C-]=c2ccccc2=C1.[Cl-].[Cl-].[Ti+4].[c-]1cc2ccccc2[nH]1. The van der Waals surface area contributed by atoms with Crippen LogP contribution in [0.3, 0.4) is 0 Å². The Kier molecular flexibility index (Phi) is 10.5. The van der Waals surface area contributed by atoms with Gasteiger partial charge in [0.05, 0.1) is 0 Å². The zero-order valence-corrected chi connectivity index (χ0v) is 17.6. The zero-order valence-electron chi connectivity index (χ0n) is 13.5. The zero-order chi connectivity index (χ0) is 14.7. The first-order valence-electron chi connectivity index (χ1n) is 7.06. The summed E-state index contributed by atoms with van der Waals surface area (Å²) in [6.07, 6.45) is 8.62. The molecule has 0 amide bonds. The van der Waals surface area contributed by atoms with Crippen LogP contribution in [0.25, 0.3) is 23.1 Å². The fourth-order valence-electron chi connectivity index (χ4n) is 2.27. The predicted octanol–water partition coefficient (Wildman–Crippen LogP) is -3.38. The Balaban J connectivity index is 0.000000402. The molecule has 0 spiro atoms. The molecule has 0 unspecified atom stereocenters. The molecule has 0 aliphatic heterocycles. The Morgan fingerprint density at radius 3 is 2.25 bits per heavy atom. The van der Waals surface area contributed by atoms with E-state index in [4.69, 9.17) is 0 Å². The number of aromatic amines is 1. The minimum absolute atomic E-state index is 0. The van der Waals surface area contributed by atoms with Crippen molar-refractivity contribution in [2.45, 2.75) is 13.1 Å². The van der Waals surface area contributed by atoms with Crippen LogP contribution in [0.1, 0.15) is 0 Å². The Hall–Kier alpha value is -0.899. The second kappa shape index (κ2) is 10.9. The minimum atomic E-state index is -0.329. The number of para-hydroxylation sites is 1. The van der Waals surface area contributed by atoms with Crippen molar-refractivity contribution in [3.8, 4) is 0 Å². The van der Waals surface area contributed by atoms with Crippen molar-refractivity contribution < 1.29 is 46.5 Å². The normalized spacial score (nSPS) is 10.5. The summed E-state index contributed by atoms with van der Waals surface area (Å²) in [7, 11) is -0.329. The largest absolute Gasteiger partial charge is 4.00 e. The summed E-state index contributed by atoms with van der Waals surface area (Å²) >= 11 is 0. The summed E-state index contributed by atoms with van der Waals surface area (Å²) in [4.78, 5) is 2.99. The smallest absolute Gasteiger partial charge is 1.00 e. The van der Waals surface area contributed by atoms with Crippen LogP contribution in [0.2, 0.25) is 13.1 Å². The van der Waals surface area contributed by atoms with Crippen LogP contribution in [0.15, 0.2) is 54.6 Å². The van der Waals surface area contributed by atoms with Crippen LogP contribution < -0.4 is 35.3 Å². The monoisotopic (exact) mass is 405 g/mol. The molecule has 4 rings (SSSR count). The first-order valence-corrected chi connectivity index (χ1v) is 9.56. The van der Waals surface area contributed by atoms with Crippen molar-refractivity contribution in [1.29, 1.82) is 0 Å². The number of benzene rings is 2. The topological polar surface area (TPSA) is 15.8 Å². The van der Waals surface area contributed by atoms with Crippen LogP contribution in [0.5, 0.6) is 0 Å². The van der Waals surface area contributed by atoms with Crippen molar-refractivity contribution in [2.24, 2.45) is 0 Å². The average Bonchev–Trinajstić information content (AvgIpc) is 3.14. The quantitative estimate of drug-likeness (QED) is 0.297. The number of nitrogens with one attached hydrogen (secondary N) is 1. The number of rotatable bonds is 0. The van der Waals surface area contributed by atoms with Crippen molar-refractivity contribution in [1.82, 2.24) is 4.98 Å². The molecule has 1 N–H and O–H groups in total. The molecule has 1 heterocycles. The molecule has 1 aromatic heterocycles. The van der Waals surface area contributed by atoms with Gasteiger partial charge in [-0.3, -0.25) is 0 Å². The van der Waals surface area contributed by atoms with E-state index in [-0.39, 0.29) is 54.9 Å². The number of aromatic nitrogens is 1. The molecule has 0 atom stereocenters. The summed E-state index contributed by atoms with van der Waals surface area (Å²) in [5, 5.41) is 5.23. The van der Waals surface area contributed by atoms with Gasteiger partial charge in [0, 0.05) is 0 Å². The molecule has 1 aliphatic carbocycles. The van der Waals surface area contributed by atoms with Crippen molar-refractivity contribution in [2.75, 3.05) is 0 Å². The van der Waals surface area contributed by atoms with Gasteiger partial charge in [0.2, 0.25) is 0 Å². The van der Waals surface area contributed by atoms with Gasteiger partial charge in [-0.1, -0.05) is 31.3 Å². The molecule has 0 saturated carbocycles. The fraction of sp³-hybridized carbons (Fsp3) is 0.105. The molecular weight excluding hydrogens is 389 g/mol. The van der Waals surface area contributed by atoms with Gasteiger partial charge < -0.3 is 29.8 Å². The van der Waals surface area contributed by atoms with E-state index in [2.05, 4.69) is 66.8 Å². The van der Waals surface area contributed by atoms with Crippen LogP contribution in [0, 0.1) is 6.20 Å². The Morgan fingerprint density at radius 1 is 0.917 bits per heavy atom. The Morgan fingerprint density at radius 2 is 1.58 bits per heavy atom. The van der Waals surface area contributed by atoms with Gasteiger partial charge in [-0.25, -0.2) is 0 Å². The second-order valence-electron chi connectivity index (χ2n) is 5.27. The van der Waals surface area contributed by atoms with E-state index >= 15 is 0 Å². The third-order valence-electron chi connectivity index (χ3n) is 3.46. The molecule has 1 aliphatic rings. The van der Waals surface area contributed by atoms with Gasteiger partial charge in [0.15, 0.2) is 0 Å². The number of fused-ring (bicyclic) bond motifs is 2. The molecule has 0 saturated heterocycles. The minimum Gasteiger partial charge on any atom is -1.00 e. The van der Waals surface area contributed by atoms with Crippen LogP contribution in [-0.4, -0.2) is 18.6 Å². The summed E-state index contributed by atoms with van der Waals surface area (Å²) in [6, 6.07) is 18.5. The average molecular weight is 406 g/mol. The van der Waals surface area contributed by atoms with Crippen LogP contribution in [-0.2, 0) is 21.7 Å². The van der Waals surface area contributed by atoms with E-state index in [0.29, 0.717) is 0 Å². The van der Waals surface area contributed by atoms with Crippen LogP contribution in [0.4, 0.5) is 0 Å². The molecule has 0 radical (unpaired) electrons.